The molecule has 0 N–H and O–H groups in total. The topological polar surface area (TPSA) is 18.5 Å². The van der Waals surface area contributed by atoms with Crippen LogP contribution >= 0.6 is 11.8 Å². The molecular weight excluding hydrogens is 160 g/mol. The molecule has 3 heteroatoms. The molecule has 2 nitrogen and oxygen atoms in total. The number of benzene rings is 1. The van der Waals surface area contributed by atoms with Crippen LogP contribution in [0.25, 0.3) is 0 Å². The fraction of sp³-hybridized carbons (Fsp3) is 0.125. The van der Waals surface area contributed by atoms with Gasteiger partial charge in [-0.3, -0.25) is 0 Å². The Morgan fingerprint density at radius 2 is 2.27 bits per heavy atom. The van der Waals surface area contributed by atoms with Crippen LogP contribution in [0, 0.1) is 6.26 Å². The minimum absolute atomic E-state index is 0.326. The van der Waals surface area contributed by atoms with Crippen molar-refractivity contribution in [1.82, 2.24) is 0 Å². The summed E-state index contributed by atoms with van der Waals surface area (Å²) >= 11 is 1.42. The third-order valence-corrected chi connectivity index (χ3v) is 2.15. The van der Waals surface area contributed by atoms with E-state index in [0.717, 1.165) is 16.4 Å². The standard InChI is InChI=1S/C8H7O2S/c1-11-7-4-2-3-6-8(7)10-5-9-6/h2-4H,1,5H2. The summed E-state index contributed by atoms with van der Waals surface area (Å²) in [4.78, 5) is 1.03. The number of hydrogen-bond donors (Lipinski definition) is 0. The first kappa shape index (κ1) is 6.85. The quantitative estimate of drug-likeness (QED) is 0.598. The van der Waals surface area contributed by atoms with Crippen molar-refractivity contribution in [3.63, 3.8) is 0 Å². The van der Waals surface area contributed by atoms with Gasteiger partial charge in [0.25, 0.3) is 0 Å². The molecule has 0 aliphatic carbocycles. The highest BCUT2D eigenvalue weighted by Gasteiger charge is 2.15. The molecule has 57 valence electrons. The lowest BCUT2D eigenvalue weighted by Crippen LogP contribution is -1.93. The van der Waals surface area contributed by atoms with Gasteiger partial charge in [-0.05, 0) is 12.1 Å². The van der Waals surface area contributed by atoms with Crippen LogP contribution < -0.4 is 9.47 Å². The minimum atomic E-state index is 0.326. The summed E-state index contributed by atoms with van der Waals surface area (Å²) < 4.78 is 10.4. The zero-order valence-electron chi connectivity index (χ0n) is 5.87. The summed E-state index contributed by atoms with van der Waals surface area (Å²) in [5.74, 6) is 1.64. The fourth-order valence-electron chi connectivity index (χ4n) is 1.02. The smallest absolute Gasteiger partial charge is 0.231 e. The highest BCUT2D eigenvalue weighted by atomic mass is 32.2. The molecule has 1 aliphatic rings. The molecule has 0 unspecified atom stereocenters. The molecule has 1 radical (unpaired) electrons. The summed E-state index contributed by atoms with van der Waals surface area (Å²) in [5.41, 5.74) is 0. The van der Waals surface area contributed by atoms with Crippen LogP contribution in [0.4, 0.5) is 0 Å². The maximum absolute atomic E-state index is 5.24. The molecule has 0 atom stereocenters. The average Bonchev–Trinajstić information content (AvgIpc) is 2.50. The van der Waals surface area contributed by atoms with E-state index in [1.165, 1.54) is 11.8 Å². The van der Waals surface area contributed by atoms with Crippen molar-refractivity contribution in [3.05, 3.63) is 24.5 Å². The van der Waals surface area contributed by atoms with Crippen LogP contribution in [0.5, 0.6) is 11.5 Å². The highest BCUT2D eigenvalue weighted by Crippen LogP contribution is 2.39. The van der Waals surface area contributed by atoms with Crippen LogP contribution in [0.2, 0.25) is 0 Å². The third-order valence-electron chi connectivity index (χ3n) is 1.52. The SMILES string of the molecule is [CH2]Sc1cccc2c1OCO2. The molecule has 1 heterocycles. The number of ether oxygens (including phenoxy) is 2. The molecule has 0 aromatic heterocycles. The number of hydrogen-bond acceptors (Lipinski definition) is 3. The van der Waals surface area contributed by atoms with Crippen LogP contribution in [0.15, 0.2) is 23.1 Å². The van der Waals surface area contributed by atoms with Gasteiger partial charge in [0, 0.05) is 6.26 Å². The monoisotopic (exact) mass is 167 g/mol. The van der Waals surface area contributed by atoms with Crippen molar-refractivity contribution in [2.24, 2.45) is 0 Å². The van der Waals surface area contributed by atoms with E-state index in [1.807, 2.05) is 18.2 Å². The minimum Gasteiger partial charge on any atom is -0.454 e. The van der Waals surface area contributed by atoms with E-state index in [-0.39, 0.29) is 0 Å². The van der Waals surface area contributed by atoms with Gasteiger partial charge in [0.05, 0.1) is 4.90 Å². The van der Waals surface area contributed by atoms with Crippen LogP contribution in [-0.2, 0) is 0 Å². The zero-order chi connectivity index (χ0) is 7.68. The van der Waals surface area contributed by atoms with Crippen LogP contribution in [0.3, 0.4) is 0 Å². The van der Waals surface area contributed by atoms with Gasteiger partial charge in [0.1, 0.15) is 0 Å². The second-order valence-corrected chi connectivity index (χ2v) is 2.86. The number of para-hydroxylation sites is 1. The lowest BCUT2D eigenvalue weighted by atomic mass is 10.3. The van der Waals surface area contributed by atoms with Gasteiger partial charge < -0.3 is 9.47 Å². The first-order valence-corrected chi connectivity index (χ1v) is 4.21. The summed E-state index contributed by atoms with van der Waals surface area (Å²) in [6.45, 7) is 0.326. The molecule has 2 rings (SSSR count). The number of fused-ring (bicyclic) bond motifs is 1. The van der Waals surface area contributed by atoms with Gasteiger partial charge in [-0.2, -0.15) is 0 Å². The van der Waals surface area contributed by atoms with Gasteiger partial charge in [0.2, 0.25) is 6.79 Å². The van der Waals surface area contributed by atoms with E-state index in [1.54, 1.807) is 0 Å². The molecular formula is C8H7O2S. The average molecular weight is 167 g/mol. The first-order valence-electron chi connectivity index (χ1n) is 3.22. The van der Waals surface area contributed by atoms with E-state index in [4.69, 9.17) is 9.47 Å². The molecule has 0 saturated heterocycles. The Kier molecular flexibility index (Phi) is 1.66. The summed E-state index contributed by atoms with van der Waals surface area (Å²) in [6.07, 6.45) is 3.71. The highest BCUT2D eigenvalue weighted by molar-refractivity contribution is 8.00. The zero-order valence-corrected chi connectivity index (χ0v) is 6.69. The Labute approximate surface area is 69.5 Å². The normalized spacial score (nSPS) is 13.5. The molecule has 0 fully saturated rings. The van der Waals surface area contributed by atoms with Crippen molar-refractivity contribution >= 4 is 11.8 Å². The van der Waals surface area contributed by atoms with E-state index in [0.29, 0.717) is 6.79 Å². The Morgan fingerprint density at radius 3 is 3.09 bits per heavy atom. The van der Waals surface area contributed by atoms with Gasteiger partial charge in [-0.25, -0.2) is 0 Å². The second kappa shape index (κ2) is 2.66. The molecule has 0 amide bonds. The molecule has 1 aliphatic heterocycles. The predicted molar refractivity (Wildman–Crippen MR) is 43.8 cm³/mol. The molecule has 0 spiro atoms. The van der Waals surface area contributed by atoms with Crippen LogP contribution in [-0.4, -0.2) is 6.79 Å². The molecule has 1 aromatic rings. The fourth-order valence-corrected chi connectivity index (χ4v) is 1.48. The number of rotatable bonds is 1. The molecule has 11 heavy (non-hydrogen) atoms. The lowest BCUT2D eigenvalue weighted by molar-refractivity contribution is 0.172. The van der Waals surface area contributed by atoms with Gasteiger partial charge >= 0.3 is 0 Å². The van der Waals surface area contributed by atoms with E-state index in [9.17, 15) is 0 Å². The van der Waals surface area contributed by atoms with Gasteiger partial charge in [-0.15, -0.1) is 11.8 Å². The summed E-state index contributed by atoms with van der Waals surface area (Å²) in [5, 5.41) is 0. The Morgan fingerprint density at radius 1 is 1.36 bits per heavy atom. The molecule has 0 bridgehead atoms. The van der Waals surface area contributed by atoms with Crippen LogP contribution in [0.1, 0.15) is 0 Å². The largest absolute Gasteiger partial charge is 0.454 e. The van der Waals surface area contributed by atoms with E-state index < -0.39 is 0 Å². The Bertz CT molecular complexity index is 273. The maximum Gasteiger partial charge on any atom is 0.231 e. The lowest BCUT2D eigenvalue weighted by Gasteiger charge is -1.99. The van der Waals surface area contributed by atoms with Crippen molar-refractivity contribution in [2.75, 3.05) is 6.79 Å². The van der Waals surface area contributed by atoms with Crippen molar-refractivity contribution in [2.45, 2.75) is 4.90 Å². The maximum atomic E-state index is 5.24. The summed E-state index contributed by atoms with van der Waals surface area (Å²) in [6, 6.07) is 5.79. The van der Waals surface area contributed by atoms with Gasteiger partial charge in [0.15, 0.2) is 11.5 Å². The summed E-state index contributed by atoms with van der Waals surface area (Å²) in [7, 11) is 0. The van der Waals surface area contributed by atoms with Crippen molar-refractivity contribution in [3.8, 4) is 11.5 Å². The predicted octanol–water partition coefficient (Wildman–Crippen LogP) is 2.30. The molecule has 0 saturated carbocycles. The Balaban J connectivity index is 2.50. The van der Waals surface area contributed by atoms with E-state index >= 15 is 0 Å². The van der Waals surface area contributed by atoms with Crippen molar-refractivity contribution in [1.29, 1.82) is 0 Å². The van der Waals surface area contributed by atoms with E-state index in [2.05, 4.69) is 6.26 Å². The van der Waals surface area contributed by atoms with Crippen molar-refractivity contribution < 1.29 is 9.47 Å². The Hall–Kier alpha value is -0.830. The first-order chi connectivity index (χ1) is 5.42. The third kappa shape index (κ3) is 1.05. The van der Waals surface area contributed by atoms with Gasteiger partial charge in [-0.1, -0.05) is 6.07 Å². The second-order valence-electron chi connectivity index (χ2n) is 2.13. The molecule has 1 aromatic carbocycles. The number of thioether (sulfide) groups is 1.